The molecule has 0 aromatic heterocycles. The van der Waals surface area contributed by atoms with Crippen molar-refractivity contribution in [2.75, 3.05) is 6.54 Å². The highest BCUT2D eigenvalue weighted by Gasteiger charge is 2.41. The van der Waals surface area contributed by atoms with Gasteiger partial charge >= 0.3 is 0 Å². The highest BCUT2D eigenvalue weighted by Crippen LogP contribution is 2.28. The molecule has 3 aromatic carbocycles. The van der Waals surface area contributed by atoms with E-state index in [9.17, 15) is 34.2 Å². The Kier molecular flexibility index (Phi) is 10.6. The lowest BCUT2D eigenvalue weighted by molar-refractivity contribution is -0.143. The van der Waals surface area contributed by atoms with Gasteiger partial charge in [0.2, 0.25) is 11.8 Å². The van der Waals surface area contributed by atoms with Crippen LogP contribution in [0.3, 0.4) is 0 Å². The zero-order valence-electron chi connectivity index (χ0n) is 26.8. The first-order valence-electron chi connectivity index (χ1n) is 16.1. The number of carbonyl (C=O) groups excluding carboxylic acids is 5. The van der Waals surface area contributed by atoms with Crippen LogP contribution >= 0.6 is 0 Å². The van der Waals surface area contributed by atoms with E-state index < -0.39 is 17.2 Å². The minimum absolute atomic E-state index is 0.0145. The number of aromatic hydroxyl groups is 2. The van der Waals surface area contributed by atoms with Gasteiger partial charge in [0.25, 0.3) is 17.7 Å². The Balaban J connectivity index is 1.20. The van der Waals surface area contributed by atoms with E-state index in [0.29, 0.717) is 28.8 Å². The quantitative estimate of drug-likeness (QED) is 0.148. The zero-order valence-corrected chi connectivity index (χ0v) is 26.8. The monoisotopic (exact) mass is 652 g/mol. The number of phenolic OH excluding ortho intramolecular Hbond substituents is 2. The second-order valence-electron chi connectivity index (χ2n) is 12.6. The van der Waals surface area contributed by atoms with E-state index in [0.717, 1.165) is 25.7 Å². The van der Waals surface area contributed by atoms with Crippen LogP contribution in [-0.2, 0) is 38.7 Å². The maximum Gasteiger partial charge on any atom is 0.253 e. The van der Waals surface area contributed by atoms with Gasteiger partial charge in [-0.3, -0.25) is 28.9 Å². The van der Waals surface area contributed by atoms with E-state index in [1.165, 1.54) is 36.1 Å². The smallest absolute Gasteiger partial charge is 0.253 e. The molecule has 48 heavy (non-hydrogen) atoms. The molecule has 3 aromatic rings. The van der Waals surface area contributed by atoms with Crippen LogP contribution in [0.25, 0.3) is 0 Å². The van der Waals surface area contributed by atoms with Gasteiger partial charge in [0.05, 0.1) is 0 Å². The summed E-state index contributed by atoms with van der Waals surface area (Å²) in [4.78, 5) is 65.4. The Hall–Kier alpha value is -5.45. The minimum Gasteiger partial charge on any atom is -0.508 e. The van der Waals surface area contributed by atoms with Crippen molar-refractivity contribution >= 4 is 29.5 Å². The Labute approximate surface area is 279 Å². The molecule has 0 radical (unpaired) electrons. The number of nitrogens with one attached hydrogen (secondary N) is 3. The van der Waals surface area contributed by atoms with E-state index in [2.05, 4.69) is 16.0 Å². The number of hydrogen-bond donors (Lipinski definition) is 5. The molecule has 11 heteroatoms. The molecule has 0 bridgehead atoms. The molecule has 5 N–H and O–H groups in total. The Bertz CT molecular complexity index is 1630. The Morgan fingerprint density at radius 2 is 1.25 bits per heavy atom. The molecular weight excluding hydrogens is 612 g/mol. The second-order valence-corrected chi connectivity index (χ2v) is 12.6. The van der Waals surface area contributed by atoms with E-state index >= 15 is 0 Å². The normalized spacial score (nSPS) is 17.6. The molecule has 1 saturated carbocycles. The van der Waals surface area contributed by atoms with Crippen molar-refractivity contribution in [2.24, 2.45) is 11.3 Å². The summed E-state index contributed by atoms with van der Waals surface area (Å²) in [6.07, 6.45) is 5.66. The standard InChI is InChI=1S/C37H40N4O7/c1-37(35(47)38-21-27-6-2-4-8-30(27)42,36(48)39-22-28-7-3-5-9-31(28)43)20-24-10-14-26(15-11-24)34(46)40-29-16-12-25(13-17-29)23-41-32(44)18-19-33(41)45/h2-11,14-15,18-19,25,29,42-43H,12-13,16-17,20-23H2,1H3,(H,38,47)(H,39,48)(H,40,46). The number of phenols is 2. The summed E-state index contributed by atoms with van der Waals surface area (Å²) in [6, 6.07) is 19.9. The molecule has 0 atom stereocenters. The van der Waals surface area contributed by atoms with Crippen LogP contribution in [-0.4, -0.2) is 57.2 Å². The summed E-state index contributed by atoms with van der Waals surface area (Å²) < 4.78 is 0. The highest BCUT2D eigenvalue weighted by molar-refractivity contribution is 6.12. The van der Waals surface area contributed by atoms with Crippen LogP contribution in [0.1, 0.15) is 59.7 Å². The van der Waals surface area contributed by atoms with Crippen molar-refractivity contribution in [1.82, 2.24) is 20.9 Å². The maximum absolute atomic E-state index is 13.6. The number of benzene rings is 3. The van der Waals surface area contributed by atoms with Gasteiger partial charge in [0, 0.05) is 54.5 Å². The number of rotatable bonds is 12. The summed E-state index contributed by atoms with van der Waals surface area (Å²) in [7, 11) is 0. The van der Waals surface area contributed by atoms with Crippen LogP contribution < -0.4 is 16.0 Å². The molecule has 1 fully saturated rings. The van der Waals surface area contributed by atoms with Gasteiger partial charge in [-0.2, -0.15) is 0 Å². The number of carbonyl (C=O) groups is 5. The summed E-state index contributed by atoms with van der Waals surface area (Å²) in [5.74, 6) is -1.63. The van der Waals surface area contributed by atoms with Crippen molar-refractivity contribution in [1.29, 1.82) is 0 Å². The molecule has 250 valence electrons. The minimum atomic E-state index is -1.57. The molecule has 0 unspecified atom stereocenters. The third-order valence-corrected chi connectivity index (χ3v) is 9.16. The van der Waals surface area contributed by atoms with Crippen LogP contribution in [0.5, 0.6) is 11.5 Å². The lowest BCUT2D eigenvalue weighted by Gasteiger charge is -2.31. The van der Waals surface area contributed by atoms with Gasteiger partial charge in [0.1, 0.15) is 16.9 Å². The fourth-order valence-electron chi connectivity index (χ4n) is 6.14. The SMILES string of the molecule is CC(Cc1ccc(C(=O)NC2CCC(CN3C(=O)C=CC3=O)CC2)cc1)(C(=O)NCc1ccccc1O)C(=O)NCc1ccccc1O. The maximum atomic E-state index is 13.6. The molecular formula is C37H40N4O7. The molecule has 5 amide bonds. The molecule has 1 aliphatic heterocycles. The summed E-state index contributed by atoms with van der Waals surface area (Å²) in [6.45, 7) is 1.96. The largest absolute Gasteiger partial charge is 0.508 e. The average molecular weight is 653 g/mol. The topological polar surface area (TPSA) is 165 Å². The predicted molar refractivity (Wildman–Crippen MR) is 177 cm³/mol. The number of imide groups is 1. The zero-order chi connectivity index (χ0) is 34.3. The van der Waals surface area contributed by atoms with E-state index in [-0.39, 0.29) is 60.7 Å². The van der Waals surface area contributed by atoms with Crippen LogP contribution in [0.15, 0.2) is 84.9 Å². The summed E-state index contributed by atoms with van der Waals surface area (Å²) in [5.41, 5.74) is 0.527. The van der Waals surface area contributed by atoms with Crippen molar-refractivity contribution in [3.8, 4) is 11.5 Å². The van der Waals surface area contributed by atoms with E-state index in [4.69, 9.17) is 0 Å². The lowest BCUT2D eigenvalue weighted by atomic mass is 9.81. The second kappa shape index (κ2) is 15.0. The highest BCUT2D eigenvalue weighted by atomic mass is 16.3. The predicted octanol–water partition coefficient (Wildman–Crippen LogP) is 3.49. The van der Waals surface area contributed by atoms with Gasteiger partial charge in [-0.25, -0.2) is 0 Å². The molecule has 11 nitrogen and oxygen atoms in total. The van der Waals surface area contributed by atoms with Crippen LogP contribution in [0, 0.1) is 11.3 Å². The molecule has 2 aliphatic rings. The van der Waals surface area contributed by atoms with Gasteiger partial charge < -0.3 is 26.2 Å². The van der Waals surface area contributed by atoms with Gasteiger partial charge in [-0.1, -0.05) is 48.5 Å². The Morgan fingerprint density at radius 3 is 1.75 bits per heavy atom. The molecule has 1 aliphatic carbocycles. The van der Waals surface area contributed by atoms with Crippen molar-refractivity contribution in [2.45, 2.75) is 58.2 Å². The van der Waals surface area contributed by atoms with E-state index in [1.54, 1.807) is 60.7 Å². The summed E-state index contributed by atoms with van der Waals surface area (Å²) in [5, 5.41) is 28.9. The van der Waals surface area contributed by atoms with Crippen molar-refractivity contribution < 1.29 is 34.2 Å². The van der Waals surface area contributed by atoms with Crippen LogP contribution in [0.2, 0.25) is 0 Å². The lowest BCUT2D eigenvalue weighted by Crippen LogP contribution is -2.50. The molecule has 1 heterocycles. The van der Waals surface area contributed by atoms with Crippen LogP contribution in [0.4, 0.5) is 0 Å². The van der Waals surface area contributed by atoms with Crippen molar-refractivity contribution in [3.63, 3.8) is 0 Å². The molecule has 5 rings (SSSR count). The number of amides is 5. The average Bonchev–Trinajstić information content (AvgIpc) is 3.40. The fourth-order valence-corrected chi connectivity index (χ4v) is 6.14. The molecule has 0 spiro atoms. The fraction of sp³-hybridized carbons (Fsp3) is 0.324. The van der Waals surface area contributed by atoms with Crippen molar-refractivity contribution in [3.05, 3.63) is 107 Å². The first-order chi connectivity index (χ1) is 23.0. The number of nitrogens with zero attached hydrogens (tertiary/aromatic N) is 1. The first kappa shape index (κ1) is 33.9. The number of para-hydroxylation sites is 2. The van der Waals surface area contributed by atoms with E-state index in [1.807, 2.05) is 0 Å². The molecule has 0 saturated heterocycles. The third-order valence-electron chi connectivity index (χ3n) is 9.16. The summed E-state index contributed by atoms with van der Waals surface area (Å²) >= 11 is 0. The van der Waals surface area contributed by atoms with Gasteiger partial charge in [-0.15, -0.1) is 0 Å². The first-order valence-corrected chi connectivity index (χ1v) is 16.1. The Morgan fingerprint density at radius 1 is 0.750 bits per heavy atom. The van der Waals surface area contributed by atoms with Gasteiger partial charge in [-0.05, 0) is 74.8 Å². The van der Waals surface area contributed by atoms with Gasteiger partial charge in [0.15, 0.2) is 0 Å². The number of hydrogen-bond acceptors (Lipinski definition) is 7. The third kappa shape index (κ3) is 8.09.